The summed E-state index contributed by atoms with van der Waals surface area (Å²) >= 11 is 6.11. The third kappa shape index (κ3) is 7.02. The van der Waals surface area contributed by atoms with Crippen LogP contribution in [0, 0.1) is 13.0 Å². The maximum absolute atomic E-state index is 13.9. The number of nitrogens with zero attached hydrogens (tertiary/aromatic N) is 4. The molecule has 3 aromatic carbocycles. The van der Waals surface area contributed by atoms with Crippen LogP contribution in [0.25, 0.3) is 10.8 Å². The molecule has 0 aliphatic rings. The van der Waals surface area contributed by atoms with Gasteiger partial charge in [-0.2, -0.15) is 26.2 Å². The van der Waals surface area contributed by atoms with Crippen molar-refractivity contribution >= 4 is 75.6 Å². The Morgan fingerprint density at radius 1 is 0.952 bits per heavy atom. The van der Waals surface area contributed by atoms with Crippen molar-refractivity contribution in [3.05, 3.63) is 59.3 Å². The predicted octanol–water partition coefficient (Wildman–Crippen LogP) is 0.997. The smallest absolute Gasteiger partial charge is 0.744 e. The van der Waals surface area contributed by atoms with Crippen LogP contribution >= 0.6 is 11.6 Å². The van der Waals surface area contributed by atoms with Crippen molar-refractivity contribution in [2.45, 2.75) is 21.6 Å². The van der Waals surface area contributed by atoms with Gasteiger partial charge in [0.15, 0.2) is 11.6 Å². The molecule has 4 N–H and O–H groups in total. The number of hydrogen-bond donors (Lipinski definition) is 4. The zero-order chi connectivity index (χ0) is 30.5. The molecule has 0 aliphatic heterocycles. The van der Waals surface area contributed by atoms with Crippen molar-refractivity contribution in [1.82, 2.24) is 9.97 Å². The van der Waals surface area contributed by atoms with Gasteiger partial charge in [0, 0.05) is 5.39 Å². The summed E-state index contributed by atoms with van der Waals surface area (Å²) in [6.45, 7) is 1.32. The number of anilines is 2. The summed E-state index contributed by atoms with van der Waals surface area (Å²) < 4.78 is 116. The van der Waals surface area contributed by atoms with Crippen LogP contribution < -0.4 is 34.9 Å². The minimum absolute atomic E-state index is 0. The summed E-state index contributed by atoms with van der Waals surface area (Å²) in [6.07, 6.45) is -1.25. The topological polar surface area (TPSA) is 249 Å². The van der Waals surface area contributed by atoms with E-state index in [4.69, 9.17) is 11.6 Å². The Hall–Kier alpha value is -2.85. The fourth-order valence-corrected chi connectivity index (χ4v) is 5.54. The van der Waals surface area contributed by atoms with Gasteiger partial charge in [0.2, 0.25) is 0 Å². The average molecular weight is 670 g/mol. The van der Waals surface area contributed by atoms with Gasteiger partial charge in [0.25, 0.3) is 20.2 Å². The molecule has 42 heavy (non-hydrogen) atoms. The van der Waals surface area contributed by atoms with E-state index in [1.807, 2.05) is 0 Å². The van der Waals surface area contributed by atoms with Crippen LogP contribution in [-0.2, 0) is 30.4 Å². The van der Waals surface area contributed by atoms with Crippen LogP contribution in [0.3, 0.4) is 0 Å². The Labute approximate surface area is 264 Å². The molecule has 0 bridgehead atoms. The van der Waals surface area contributed by atoms with E-state index in [-0.39, 0.29) is 40.3 Å². The standard InChI is InChI=1S/C21H15ClFN5O10S3.Na/c1-9-17(22)20(26-21(23)24-9)25-13-8-11(39(30,31)32)6-10-7-15(41(36,37)38)18(19(29)16(10)13)28-27-12-4-2-3-5-14(12)40(33,34)35;/h2-8,29H,1H3,(H,24,25,26)(H,30,31,32)(H,33,34,35)(H,36,37,38);/q;+1/p-1. The molecule has 0 saturated carbocycles. The summed E-state index contributed by atoms with van der Waals surface area (Å²) in [5, 5.41) is 19.6. The van der Waals surface area contributed by atoms with Crippen molar-refractivity contribution in [3.63, 3.8) is 0 Å². The summed E-state index contributed by atoms with van der Waals surface area (Å²) in [5.41, 5.74) is -2.02. The number of benzene rings is 3. The van der Waals surface area contributed by atoms with Gasteiger partial charge in [-0.15, -0.1) is 10.2 Å². The van der Waals surface area contributed by atoms with Crippen LogP contribution in [0.5, 0.6) is 5.75 Å². The Morgan fingerprint density at radius 3 is 2.19 bits per heavy atom. The van der Waals surface area contributed by atoms with Gasteiger partial charge in [-0.3, -0.25) is 9.11 Å². The van der Waals surface area contributed by atoms with Gasteiger partial charge in [0.05, 0.1) is 21.2 Å². The van der Waals surface area contributed by atoms with Gasteiger partial charge in [-0.05, 0) is 42.6 Å². The van der Waals surface area contributed by atoms with Crippen molar-refractivity contribution < 1.29 is 78.0 Å². The van der Waals surface area contributed by atoms with Crippen molar-refractivity contribution in [3.8, 4) is 5.75 Å². The first-order valence-electron chi connectivity index (χ1n) is 10.6. The van der Waals surface area contributed by atoms with Crippen LogP contribution in [0.2, 0.25) is 5.02 Å². The molecular formula is C21H14ClFN5NaO10S3. The fourth-order valence-electron chi connectivity index (χ4n) is 3.59. The molecule has 0 spiro atoms. The van der Waals surface area contributed by atoms with Crippen molar-refractivity contribution in [2.75, 3.05) is 5.32 Å². The van der Waals surface area contributed by atoms with Gasteiger partial charge >= 0.3 is 35.6 Å². The number of aryl methyl sites for hydroxylation is 1. The minimum atomic E-state index is -5.48. The normalized spacial score (nSPS) is 12.4. The number of aromatic nitrogens is 2. The van der Waals surface area contributed by atoms with Crippen molar-refractivity contribution in [2.24, 2.45) is 10.2 Å². The Bertz CT molecular complexity index is 2120. The molecule has 0 saturated heterocycles. The van der Waals surface area contributed by atoms with E-state index in [1.165, 1.54) is 19.1 Å². The third-order valence-electron chi connectivity index (χ3n) is 5.33. The molecule has 0 unspecified atom stereocenters. The summed E-state index contributed by atoms with van der Waals surface area (Å²) in [4.78, 5) is 4.06. The van der Waals surface area contributed by atoms with Gasteiger partial charge in [0.1, 0.15) is 31.4 Å². The molecule has 0 radical (unpaired) electrons. The molecule has 21 heteroatoms. The van der Waals surface area contributed by atoms with Crippen LogP contribution in [0.1, 0.15) is 5.69 Å². The zero-order valence-electron chi connectivity index (χ0n) is 21.0. The summed E-state index contributed by atoms with van der Waals surface area (Å²) in [6, 6.07) is 6.61. The molecule has 0 aliphatic carbocycles. The largest absolute Gasteiger partial charge is 1.00 e. The first-order valence-corrected chi connectivity index (χ1v) is 15.3. The van der Waals surface area contributed by atoms with E-state index >= 15 is 0 Å². The zero-order valence-corrected chi connectivity index (χ0v) is 26.2. The molecule has 0 atom stereocenters. The van der Waals surface area contributed by atoms with E-state index in [9.17, 15) is 48.4 Å². The Kier molecular flexibility index (Phi) is 9.64. The summed E-state index contributed by atoms with van der Waals surface area (Å²) in [7, 11) is -15.3. The number of halogens is 2. The molecular weight excluding hydrogens is 656 g/mol. The molecule has 1 heterocycles. The number of hydrogen-bond acceptors (Lipinski definition) is 13. The third-order valence-corrected chi connectivity index (χ3v) is 8.37. The van der Waals surface area contributed by atoms with Gasteiger partial charge in [-0.25, -0.2) is 13.4 Å². The monoisotopic (exact) mass is 669 g/mol. The van der Waals surface area contributed by atoms with Gasteiger partial charge in [-0.1, -0.05) is 23.7 Å². The number of nitrogens with one attached hydrogen (secondary N) is 1. The molecule has 0 fully saturated rings. The second-order valence-corrected chi connectivity index (χ2v) is 12.6. The maximum Gasteiger partial charge on any atom is 1.00 e. The molecule has 15 nitrogen and oxygen atoms in total. The Balaban J connectivity index is 0.00000484. The molecule has 4 rings (SSSR count). The van der Waals surface area contributed by atoms with Crippen molar-refractivity contribution in [1.29, 1.82) is 0 Å². The van der Waals surface area contributed by atoms with Crippen LogP contribution in [-0.4, -0.2) is 54.0 Å². The van der Waals surface area contributed by atoms with E-state index in [2.05, 4.69) is 25.5 Å². The second kappa shape index (κ2) is 12.0. The SMILES string of the molecule is Cc1nc(F)nc(Nc2cc(S(=O)(=O)O)cc3cc(S(=O)(=O)[O-])c(N=Nc4ccccc4S(=O)(=O)O)c(O)c23)c1Cl.[Na+]. The van der Waals surface area contributed by atoms with E-state index in [0.29, 0.717) is 12.1 Å². The molecule has 0 amide bonds. The number of rotatable bonds is 7. The molecule has 1 aromatic heterocycles. The number of fused-ring (bicyclic) bond motifs is 1. The van der Waals surface area contributed by atoms with Crippen LogP contribution in [0.4, 0.5) is 27.3 Å². The number of aromatic hydroxyl groups is 1. The summed E-state index contributed by atoms with van der Waals surface area (Å²) in [5.74, 6) is -1.53. The quantitative estimate of drug-likeness (QED) is 0.0929. The number of azo groups is 1. The van der Waals surface area contributed by atoms with Crippen LogP contribution in [0.15, 0.2) is 67.4 Å². The second-order valence-electron chi connectivity index (χ2n) is 8.08. The molecule has 4 aromatic rings. The predicted molar refractivity (Wildman–Crippen MR) is 139 cm³/mol. The van der Waals surface area contributed by atoms with E-state index in [0.717, 1.165) is 18.2 Å². The first kappa shape index (κ1) is 33.6. The van der Waals surface area contributed by atoms with Gasteiger partial charge < -0.3 is 15.0 Å². The average Bonchev–Trinajstić information content (AvgIpc) is 2.84. The van der Waals surface area contributed by atoms with E-state index in [1.54, 1.807) is 0 Å². The first-order chi connectivity index (χ1) is 18.9. The fraction of sp³-hybridized carbons (Fsp3) is 0.0476. The number of phenols is 1. The molecule has 216 valence electrons. The minimum Gasteiger partial charge on any atom is -0.744 e. The Morgan fingerprint density at radius 2 is 1.60 bits per heavy atom. The number of phenolic OH excluding ortho intramolecular Hbond substituents is 1. The maximum atomic E-state index is 13.9. The van der Waals surface area contributed by atoms with E-state index < -0.39 is 90.5 Å².